The van der Waals surface area contributed by atoms with E-state index in [1.165, 1.54) is 18.1 Å². The van der Waals surface area contributed by atoms with Crippen LogP contribution in [0.4, 0.5) is 0 Å². The maximum atomic E-state index is 10.8. The van der Waals surface area contributed by atoms with Crippen molar-refractivity contribution in [2.45, 2.75) is 16.3 Å². The molecule has 5 nitrogen and oxygen atoms in total. The molecule has 1 N–H and O–H groups in total. The third kappa shape index (κ3) is 2.37. The molecule has 0 unspecified atom stereocenters. The van der Waals surface area contributed by atoms with E-state index in [2.05, 4.69) is 15.0 Å². The Morgan fingerprint density at radius 3 is 2.94 bits per heavy atom. The highest BCUT2D eigenvalue weighted by molar-refractivity contribution is 8.01. The Labute approximate surface area is 99.6 Å². The summed E-state index contributed by atoms with van der Waals surface area (Å²) in [5, 5.41) is 9.63. The zero-order chi connectivity index (χ0) is 11.5. The molecule has 82 valence electrons. The number of nitrogens with zero attached hydrogens (tertiary/aromatic N) is 3. The Kier molecular flexibility index (Phi) is 3.16. The summed E-state index contributed by atoms with van der Waals surface area (Å²) in [6.07, 6.45) is 3.08. The van der Waals surface area contributed by atoms with Gasteiger partial charge in [0.1, 0.15) is 16.2 Å². The average Bonchev–Trinajstić information content (AvgIpc) is 2.61. The van der Waals surface area contributed by atoms with E-state index in [4.69, 9.17) is 5.11 Å². The second-order valence-corrected chi connectivity index (χ2v) is 5.12. The first-order valence-corrected chi connectivity index (χ1v) is 5.94. The van der Waals surface area contributed by atoms with Crippen LogP contribution < -0.4 is 0 Å². The minimum atomic E-state index is -0.940. The maximum Gasteiger partial charge on any atom is 0.347 e. The zero-order valence-electron chi connectivity index (χ0n) is 8.25. The van der Waals surface area contributed by atoms with Gasteiger partial charge in [0.05, 0.1) is 5.69 Å². The summed E-state index contributed by atoms with van der Waals surface area (Å²) in [5.41, 5.74) is 0.536. The molecule has 2 heterocycles. The summed E-state index contributed by atoms with van der Waals surface area (Å²) in [7, 11) is 0. The highest BCUT2D eigenvalue weighted by Gasteiger charge is 2.14. The lowest BCUT2D eigenvalue weighted by atomic mass is 10.4. The second kappa shape index (κ2) is 4.58. The van der Waals surface area contributed by atoms with Crippen LogP contribution >= 0.6 is 23.1 Å². The minimum absolute atomic E-state index is 0.275. The Morgan fingerprint density at radius 1 is 1.56 bits per heavy atom. The average molecular weight is 253 g/mol. The van der Waals surface area contributed by atoms with Crippen molar-refractivity contribution in [2.24, 2.45) is 0 Å². The molecule has 7 heteroatoms. The number of carboxylic acid groups (broad SMARTS) is 1. The number of carbonyl (C=O) groups is 1. The van der Waals surface area contributed by atoms with Crippen LogP contribution in [-0.2, 0) is 0 Å². The monoisotopic (exact) mass is 253 g/mol. The van der Waals surface area contributed by atoms with Crippen molar-refractivity contribution in [1.82, 2.24) is 15.0 Å². The Bertz CT molecular complexity index is 513. The van der Waals surface area contributed by atoms with Gasteiger partial charge in [0.25, 0.3) is 0 Å². The van der Waals surface area contributed by atoms with Crippen LogP contribution in [-0.4, -0.2) is 26.0 Å². The first-order valence-electron chi connectivity index (χ1n) is 4.31. The lowest BCUT2D eigenvalue weighted by molar-refractivity contribution is 0.0701. The minimum Gasteiger partial charge on any atom is -0.477 e. The molecule has 2 aromatic rings. The lowest BCUT2D eigenvalue weighted by Gasteiger charge is -1.93. The lowest BCUT2D eigenvalue weighted by Crippen LogP contribution is -1.94. The predicted octanol–water partition coefficient (Wildman–Crippen LogP) is 2.09. The van der Waals surface area contributed by atoms with Crippen molar-refractivity contribution in [1.29, 1.82) is 0 Å². The fraction of sp³-hybridized carbons (Fsp3) is 0.111. The first-order chi connectivity index (χ1) is 7.66. The van der Waals surface area contributed by atoms with Crippen LogP contribution in [0.1, 0.15) is 15.4 Å². The van der Waals surface area contributed by atoms with Crippen molar-refractivity contribution >= 4 is 29.1 Å². The molecule has 0 aromatic carbocycles. The molecule has 0 aliphatic rings. The molecule has 2 aromatic heterocycles. The summed E-state index contributed by atoms with van der Waals surface area (Å²) >= 11 is 2.49. The molecular formula is C9H7N3O2S2. The summed E-state index contributed by atoms with van der Waals surface area (Å²) in [6.45, 7) is 1.68. The van der Waals surface area contributed by atoms with E-state index in [9.17, 15) is 4.79 Å². The molecule has 0 amide bonds. The van der Waals surface area contributed by atoms with E-state index in [0.29, 0.717) is 10.0 Å². The van der Waals surface area contributed by atoms with Gasteiger partial charge in [0.15, 0.2) is 4.34 Å². The van der Waals surface area contributed by atoms with Gasteiger partial charge in [0, 0.05) is 6.20 Å². The second-order valence-electron chi connectivity index (χ2n) is 2.85. The van der Waals surface area contributed by atoms with Gasteiger partial charge in [0.2, 0.25) is 0 Å². The summed E-state index contributed by atoms with van der Waals surface area (Å²) in [5.74, 6) is -0.940. The van der Waals surface area contributed by atoms with Gasteiger partial charge in [-0.15, -0.1) is 0 Å². The highest BCUT2D eigenvalue weighted by atomic mass is 32.2. The molecule has 0 bridgehead atoms. The number of thiazole rings is 1. The van der Waals surface area contributed by atoms with Crippen LogP contribution in [0.5, 0.6) is 0 Å². The van der Waals surface area contributed by atoms with E-state index < -0.39 is 5.97 Å². The van der Waals surface area contributed by atoms with Crippen LogP contribution in [0.15, 0.2) is 28.0 Å². The zero-order valence-corrected chi connectivity index (χ0v) is 9.88. The first kappa shape index (κ1) is 11.0. The van der Waals surface area contributed by atoms with Gasteiger partial charge in [-0.25, -0.2) is 19.7 Å². The van der Waals surface area contributed by atoms with E-state index >= 15 is 0 Å². The molecule has 16 heavy (non-hydrogen) atoms. The van der Waals surface area contributed by atoms with Crippen molar-refractivity contribution in [2.75, 3.05) is 0 Å². The molecule has 0 atom stereocenters. The fourth-order valence-electron chi connectivity index (χ4n) is 1.04. The standard InChI is InChI=1S/C9H7N3O2S2/c1-5-7(8(13)14)16-9(12-5)15-6-2-3-10-4-11-6/h2-4H,1H3,(H,13,14). The van der Waals surface area contributed by atoms with E-state index in [-0.39, 0.29) is 4.88 Å². The molecule has 0 saturated carbocycles. The highest BCUT2D eigenvalue weighted by Crippen LogP contribution is 2.31. The maximum absolute atomic E-state index is 10.8. The van der Waals surface area contributed by atoms with Crippen molar-refractivity contribution < 1.29 is 9.90 Å². The summed E-state index contributed by atoms with van der Waals surface area (Å²) in [4.78, 5) is 23.1. The van der Waals surface area contributed by atoms with Crippen molar-refractivity contribution in [3.8, 4) is 0 Å². The Hall–Kier alpha value is -1.47. The number of carboxylic acids is 1. The number of aryl methyl sites for hydroxylation is 1. The van der Waals surface area contributed by atoms with E-state index in [0.717, 1.165) is 16.4 Å². The van der Waals surface area contributed by atoms with Crippen molar-refractivity contribution in [3.63, 3.8) is 0 Å². The van der Waals surface area contributed by atoms with Crippen LogP contribution in [0.2, 0.25) is 0 Å². The largest absolute Gasteiger partial charge is 0.477 e. The van der Waals surface area contributed by atoms with Crippen LogP contribution in [0, 0.1) is 6.92 Å². The van der Waals surface area contributed by atoms with Gasteiger partial charge in [-0.1, -0.05) is 11.3 Å². The molecule has 0 aliphatic carbocycles. The van der Waals surface area contributed by atoms with E-state index in [1.54, 1.807) is 19.2 Å². The quantitative estimate of drug-likeness (QED) is 0.844. The van der Waals surface area contributed by atoms with Crippen LogP contribution in [0.3, 0.4) is 0 Å². The van der Waals surface area contributed by atoms with Gasteiger partial charge in [-0.05, 0) is 24.8 Å². The van der Waals surface area contributed by atoms with Crippen molar-refractivity contribution in [3.05, 3.63) is 29.2 Å². The number of rotatable bonds is 3. The number of aromatic carboxylic acids is 1. The van der Waals surface area contributed by atoms with Gasteiger partial charge < -0.3 is 5.11 Å². The topological polar surface area (TPSA) is 76.0 Å². The normalized spacial score (nSPS) is 10.3. The smallest absolute Gasteiger partial charge is 0.347 e. The number of hydrogen-bond donors (Lipinski definition) is 1. The molecule has 0 aliphatic heterocycles. The molecule has 0 fully saturated rings. The molecule has 0 radical (unpaired) electrons. The fourth-order valence-corrected chi connectivity index (χ4v) is 2.94. The summed E-state index contributed by atoms with van der Waals surface area (Å²) in [6, 6.07) is 1.75. The molecule has 0 spiro atoms. The van der Waals surface area contributed by atoms with Gasteiger partial charge in [-0.2, -0.15) is 0 Å². The Morgan fingerprint density at radius 2 is 2.38 bits per heavy atom. The third-order valence-electron chi connectivity index (χ3n) is 1.72. The SMILES string of the molecule is Cc1nc(Sc2ccncn2)sc1C(=O)O. The summed E-state index contributed by atoms with van der Waals surface area (Å²) < 4.78 is 0.675. The number of aromatic nitrogens is 3. The van der Waals surface area contributed by atoms with Gasteiger partial charge >= 0.3 is 5.97 Å². The molecule has 0 saturated heterocycles. The van der Waals surface area contributed by atoms with E-state index in [1.807, 2.05) is 0 Å². The Balaban J connectivity index is 2.23. The van der Waals surface area contributed by atoms with Gasteiger partial charge in [-0.3, -0.25) is 0 Å². The number of hydrogen-bond acceptors (Lipinski definition) is 6. The van der Waals surface area contributed by atoms with Crippen LogP contribution in [0.25, 0.3) is 0 Å². The third-order valence-corrected chi connectivity index (χ3v) is 3.87. The molecular weight excluding hydrogens is 246 g/mol. The molecule has 2 rings (SSSR count). The predicted molar refractivity (Wildman–Crippen MR) is 60.0 cm³/mol.